The zero-order valence-electron chi connectivity index (χ0n) is 17.0. The molecule has 0 aliphatic carbocycles. The van der Waals surface area contributed by atoms with Gasteiger partial charge >= 0.3 is 0 Å². The summed E-state index contributed by atoms with van der Waals surface area (Å²) in [5.74, 6) is -0.163. The van der Waals surface area contributed by atoms with Crippen LogP contribution in [-0.2, 0) is 11.2 Å². The van der Waals surface area contributed by atoms with Crippen molar-refractivity contribution in [2.75, 3.05) is 16.4 Å². The van der Waals surface area contributed by atoms with Crippen LogP contribution in [0.1, 0.15) is 21.5 Å². The summed E-state index contributed by atoms with van der Waals surface area (Å²) in [6.45, 7) is 0. The first-order valence-corrected chi connectivity index (χ1v) is 11.7. The molecule has 0 unspecified atom stereocenters. The fraction of sp³-hybridized carbons (Fsp3) is 0.0833. The SMILES string of the molecule is O=C(CSc1nnc(NC(=O)c2ccc(Cc3ccccc3)cc2)s1)Nc1ccccc1. The van der Waals surface area contributed by atoms with Gasteiger partial charge in [0.1, 0.15) is 0 Å². The molecule has 8 heteroatoms. The summed E-state index contributed by atoms with van der Waals surface area (Å²) in [6.07, 6.45) is 0.817. The van der Waals surface area contributed by atoms with Gasteiger partial charge in [-0.15, -0.1) is 10.2 Å². The average Bonchev–Trinajstić information content (AvgIpc) is 3.27. The number of aromatic nitrogens is 2. The molecule has 0 aliphatic rings. The first-order chi connectivity index (χ1) is 15.7. The van der Waals surface area contributed by atoms with Crippen molar-refractivity contribution in [1.82, 2.24) is 10.2 Å². The molecular formula is C24H20N4O2S2. The van der Waals surface area contributed by atoms with Gasteiger partial charge in [0, 0.05) is 11.3 Å². The van der Waals surface area contributed by atoms with Crippen molar-refractivity contribution in [3.63, 3.8) is 0 Å². The van der Waals surface area contributed by atoms with Crippen LogP contribution in [-0.4, -0.2) is 27.8 Å². The second kappa shape index (κ2) is 10.7. The molecule has 0 aliphatic heterocycles. The molecule has 1 aromatic heterocycles. The predicted molar refractivity (Wildman–Crippen MR) is 129 cm³/mol. The highest BCUT2D eigenvalue weighted by Crippen LogP contribution is 2.26. The second-order valence-corrected chi connectivity index (χ2v) is 9.09. The van der Waals surface area contributed by atoms with Crippen LogP contribution in [0.15, 0.2) is 89.3 Å². The molecular weight excluding hydrogens is 440 g/mol. The molecule has 0 fully saturated rings. The third-order valence-corrected chi connectivity index (χ3v) is 6.45. The van der Waals surface area contributed by atoms with Gasteiger partial charge in [-0.05, 0) is 41.8 Å². The van der Waals surface area contributed by atoms with Gasteiger partial charge < -0.3 is 5.32 Å². The Hall–Kier alpha value is -3.49. The van der Waals surface area contributed by atoms with E-state index in [9.17, 15) is 9.59 Å². The lowest BCUT2D eigenvalue weighted by Gasteiger charge is -2.04. The number of amides is 2. The van der Waals surface area contributed by atoms with Gasteiger partial charge in [-0.3, -0.25) is 14.9 Å². The van der Waals surface area contributed by atoms with E-state index in [0.717, 1.165) is 17.7 Å². The Morgan fingerprint density at radius 3 is 2.16 bits per heavy atom. The van der Waals surface area contributed by atoms with Crippen LogP contribution in [0, 0.1) is 0 Å². The van der Waals surface area contributed by atoms with Crippen molar-refractivity contribution in [2.45, 2.75) is 10.8 Å². The van der Waals surface area contributed by atoms with Gasteiger partial charge in [-0.25, -0.2) is 0 Å². The molecule has 1 heterocycles. The summed E-state index contributed by atoms with van der Waals surface area (Å²) in [6, 6.07) is 27.0. The van der Waals surface area contributed by atoms with Crippen LogP contribution < -0.4 is 10.6 Å². The topological polar surface area (TPSA) is 84.0 Å². The number of hydrogen-bond acceptors (Lipinski definition) is 6. The number of para-hydroxylation sites is 1. The van der Waals surface area contributed by atoms with Crippen molar-refractivity contribution in [3.8, 4) is 0 Å². The third-order valence-electron chi connectivity index (χ3n) is 4.48. The van der Waals surface area contributed by atoms with E-state index in [4.69, 9.17) is 0 Å². The molecule has 0 spiro atoms. The number of nitrogens with zero attached hydrogens (tertiary/aromatic N) is 2. The van der Waals surface area contributed by atoms with Gasteiger partial charge in [0.2, 0.25) is 11.0 Å². The first kappa shape index (κ1) is 21.7. The fourth-order valence-electron chi connectivity index (χ4n) is 2.94. The van der Waals surface area contributed by atoms with Crippen LogP contribution in [0.4, 0.5) is 10.8 Å². The molecule has 6 nitrogen and oxygen atoms in total. The monoisotopic (exact) mass is 460 g/mol. The van der Waals surface area contributed by atoms with Crippen LogP contribution >= 0.6 is 23.1 Å². The summed E-state index contributed by atoms with van der Waals surface area (Å²) in [5, 5.41) is 14.0. The van der Waals surface area contributed by atoms with Crippen molar-refractivity contribution in [2.24, 2.45) is 0 Å². The Morgan fingerprint density at radius 2 is 1.44 bits per heavy atom. The highest BCUT2D eigenvalue weighted by atomic mass is 32.2. The van der Waals surface area contributed by atoms with E-state index in [1.165, 1.54) is 28.7 Å². The number of benzene rings is 3. The molecule has 0 radical (unpaired) electrons. The maximum atomic E-state index is 12.5. The van der Waals surface area contributed by atoms with E-state index in [1.807, 2.05) is 60.7 Å². The van der Waals surface area contributed by atoms with Crippen molar-refractivity contribution in [3.05, 3.63) is 102 Å². The Kier molecular flexibility index (Phi) is 7.27. The summed E-state index contributed by atoms with van der Waals surface area (Å²) in [4.78, 5) is 24.6. The summed E-state index contributed by atoms with van der Waals surface area (Å²) >= 11 is 2.51. The number of rotatable bonds is 8. The number of anilines is 2. The van der Waals surface area contributed by atoms with E-state index in [1.54, 1.807) is 12.1 Å². The van der Waals surface area contributed by atoms with Gasteiger partial charge in [-0.2, -0.15) is 0 Å². The van der Waals surface area contributed by atoms with E-state index in [2.05, 4.69) is 33.0 Å². The van der Waals surface area contributed by atoms with Crippen LogP contribution in [0.25, 0.3) is 0 Å². The summed E-state index contributed by atoms with van der Waals surface area (Å²) < 4.78 is 0.613. The van der Waals surface area contributed by atoms with E-state index >= 15 is 0 Å². The van der Waals surface area contributed by atoms with Crippen LogP contribution in [0.5, 0.6) is 0 Å². The Balaban J connectivity index is 1.27. The van der Waals surface area contributed by atoms with Gasteiger partial charge in [0.05, 0.1) is 5.75 Å². The number of thioether (sulfide) groups is 1. The molecule has 2 amide bonds. The number of hydrogen-bond donors (Lipinski definition) is 2. The quantitative estimate of drug-likeness (QED) is 0.282. The molecule has 3 aromatic carbocycles. The van der Waals surface area contributed by atoms with Gasteiger partial charge in [-0.1, -0.05) is 83.8 Å². The third kappa shape index (κ3) is 6.26. The van der Waals surface area contributed by atoms with Crippen LogP contribution in [0.2, 0.25) is 0 Å². The Morgan fingerprint density at radius 1 is 0.781 bits per heavy atom. The Labute approximate surface area is 194 Å². The molecule has 0 atom stereocenters. The largest absolute Gasteiger partial charge is 0.325 e. The minimum atomic E-state index is -0.245. The van der Waals surface area contributed by atoms with Crippen molar-refractivity contribution in [1.29, 1.82) is 0 Å². The zero-order chi connectivity index (χ0) is 22.2. The molecule has 0 saturated heterocycles. The summed E-state index contributed by atoms with van der Waals surface area (Å²) in [7, 11) is 0. The van der Waals surface area contributed by atoms with E-state index in [0.29, 0.717) is 15.0 Å². The molecule has 2 N–H and O–H groups in total. The molecule has 32 heavy (non-hydrogen) atoms. The fourth-order valence-corrected chi connectivity index (χ4v) is 4.49. The van der Waals surface area contributed by atoms with Gasteiger partial charge in [0.25, 0.3) is 5.91 Å². The predicted octanol–water partition coefficient (Wildman–Crippen LogP) is 5.11. The normalized spacial score (nSPS) is 10.5. The lowest BCUT2D eigenvalue weighted by Crippen LogP contribution is -2.13. The number of carbonyl (C=O) groups excluding carboxylic acids is 2. The highest BCUT2D eigenvalue weighted by molar-refractivity contribution is 8.01. The maximum Gasteiger partial charge on any atom is 0.257 e. The van der Waals surface area contributed by atoms with E-state index < -0.39 is 0 Å². The standard InChI is InChI=1S/C24H20N4O2S2/c29-21(25-20-9-5-2-6-10-20)16-31-24-28-27-23(32-24)26-22(30)19-13-11-18(12-14-19)15-17-7-3-1-4-8-17/h1-14H,15-16H2,(H,25,29)(H,26,27,30). The number of nitrogens with one attached hydrogen (secondary N) is 2. The minimum absolute atomic E-state index is 0.127. The maximum absolute atomic E-state index is 12.5. The smallest absolute Gasteiger partial charge is 0.257 e. The van der Waals surface area contributed by atoms with Crippen molar-refractivity contribution < 1.29 is 9.59 Å². The van der Waals surface area contributed by atoms with Crippen molar-refractivity contribution >= 4 is 45.7 Å². The first-order valence-electron chi connectivity index (χ1n) is 9.91. The highest BCUT2D eigenvalue weighted by Gasteiger charge is 2.12. The molecule has 0 bridgehead atoms. The zero-order valence-corrected chi connectivity index (χ0v) is 18.7. The lowest BCUT2D eigenvalue weighted by molar-refractivity contribution is -0.113. The Bertz CT molecular complexity index is 1180. The lowest BCUT2D eigenvalue weighted by atomic mass is 10.0. The van der Waals surface area contributed by atoms with Crippen LogP contribution in [0.3, 0.4) is 0 Å². The van der Waals surface area contributed by atoms with Gasteiger partial charge in [0.15, 0.2) is 4.34 Å². The molecule has 4 aromatic rings. The average molecular weight is 461 g/mol. The molecule has 0 saturated carbocycles. The molecule has 160 valence electrons. The minimum Gasteiger partial charge on any atom is -0.325 e. The van der Waals surface area contributed by atoms with E-state index in [-0.39, 0.29) is 17.6 Å². The number of carbonyl (C=O) groups is 2. The molecule has 4 rings (SSSR count). The second-order valence-electron chi connectivity index (χ2n) is 6.89. The summed E-state index contributed by atoms with van der Waals surface area (Å²) in [5.41, 5.74) is 3.66.